The summed E-state index contributed by atoms with van der Waals surface area (Å²) in [6.45, 7) is 3.41. The summed E-state index contributed by atoms with van der Waals surface area (Å²) < 4.78 is 0. The fraction of sp³-hybridized carbons (Fsp3) is 0.500. The van der Waals surface area contributed by atoms with E-state index >= 15 is 0 Å². The minimum absolute atomic E-state index is 0.00363. The van der Waals surface area contributed by atoms with Gasteiger partial charge in [0.25, 0.3) is 0 Å². The Bertz CT molecular complexity index is 877. The van der Waals surface area contributed by atoms with Gasteiger partial charge in [0.15, 0.2) is 0 Å². The summed E-state index contributed by atoms with van der Waals surface area (Å²) in [7, 11) is 0. The van der Waals surface area contributed by atoms with Gasteiger partial charge in [-0.15, -0.1) is 0 Å². The second kappa shape index (κ2) is 8.16. The highest BCUT2D eigenvalue weighted by atomic mass is 16.3. The van der Waals surface area contributed by atoms with Crippen LogP contribution in [0.4, 0.5) is 11.4 Å². The monoisotopic (exact) mass is 404 g/mol. The van der Waals surface area contributed by atoms with Gasteiger partial charge in [-0.05, 0) is 61.4 Å². The van der Waals surface area contributed by atoms with Crippen molar-refractivity contribution in [3.8, 4) is 0 Å². The molecule has 2 aromatic carbocycles. The van der Waals surface area contributed by atoms with Crippen LogP contribution in [0.1, 0.15) is 62.5 Å². The summed E-state index contributed by atoms with van der Waals surface area (Å²) >= 11 is 0. The van der Waals surface area contributed by atoms with Gasteiger partial charge >= 0.3 is 0 Å². The van der Waals surface area contributed by atoms with Crippen LogP contribution in [0, 0.1) is 5.92 Å². The average Bonchev–Trinajstić information content (AvgIpc) is 2.77. The van der Waals surface area contributed by atoms with Gasteiger partial charge < -0.3 is 5.11 Å². The van der Waals surface area contributed by atoms with E-state index in [9.17, 15) is 9.90 Å². The van der Waals surface area contributed by atoms with Gasteiger partial charge in [-0.25, -0.2) is 0 Å². The number of fused-ring (bicyclic) bond motifs is 3. The van der Waals surface area contributed by atoms with E-state index in [1.165, 1.54) is 38.5 Å². The van der Waals surface area contributed by atoms with Crippen LogP contribution < -0.4 is 4.90 Å². The second-order valence-corrected chi connectivity index (χ2v) is 9.27. The highest BCUT2D eigenvalue weighted by Gasteiger charge is 2.39. The number of anilines is 2. The molecule has 4 nitrogen and oxygen atoms in total. The van der Waals surface area contributed by atoms with Crippen molar-refractivity contribution in [2.24, 2.45) is 5.92 Å². The van der Waals surface area contributed by atoms with Crippen molar-refractivity contribution in [3.63, 3.8) is 0 Å². The molecule has 2 aromatic rings. The van der Waals surface area contributed by atoms with Gasteiger partial charge in [-0.3, -0.25) is 14.6 Å². The number of hydrogen-bond donors (Lipinski definition) is 1. The lowest BCUT2D eigenvalue weighted by Crippen LogP contribution is -2.50. The smallest absolute Gasteiger partial charge is 0.228 e. The first-order valence-electron chi connectivity index (χ1n) is 11.6. The quantitative estimate of drug-likeness (QED) is 0.797. The SMILES string of the molecule is CC(=O)N1c2ccccc2C(C(O)CN2CCCC3CCCCC32)c2ccccc21. The third-order valence-corrected chi connectivity index (χ3v) is 7.50. The van der Waals surface area contributed by atoms with Crippen molar-refractivity contribution in [3.05, 3.63) is 59.7 Å². The Labute approximate surface area is 179 Å². The Hall–Kier alpha value is -2.17. The number of aliphatic hydroxyl groups is 1. The molecule has 3 aliphatic rings. The number of carbonyl (C=O) groups is 1. The first kappa shape index (κ1) is 19.8. The van der Waals surface area contributed by atoms with E-state index in [0.717, 1.165) is 35.0 Å². The lowest BCUT2D eigenvalue weighted by Gasteiger charge is -2.46. The van der Waals surface area contributed by atoms with Crippen LogP contribution >= 0.6 is 0 Å². The number of piperidine rings is 1. The van der Waals surface area contributed by atoms with E-state index in [2.05, 4.69) is 17.0 Å². The number of aliphatic hydroxyl groups excluding tert-OH is 1. The van der Waals surface area contributed by atoms with Crippen LogP contribution in [0.3, 0.4) is 0 Å². The predicted molar refractivity (Wildman–Crippen MR) is 120 cm³/mol. The number of hydrogen-bond acceptors (Lipinski definition) is 3. The number of rotatable bonds is 3. The summed E-state index contributed by atoms with van der Waals surface area (Å²) in [5.41, 5.74) is 3.91. The molecular formula is C26H32N2O2. The molecule has 4 heteroatoms. The van der Waals surface area contributed by atoms with Gasteiger partial charge in [0.2, 0.25) is 5.91 Å². The molecule has 0 radical (unpaired) electrons. The van der Waals surface area contributed by atoms with Crippen LogP contribution in [0.5, 0.6) is 0 Å². The summed E-state index contributed by atoms with van der Waals surface area (Å²) in [5, 5.41) is 11.6. The molecule has 2 aliphatic heterocycles. The van der Waals surface area contributed by atoms with Crippen molar-refractivity contribution < 1.29 is 9.90 Å². The fourth-order valence-electron chi connectivity index (χ4n) is 6.26. The molecule has 1 amide bonds. The molecule has 158 valence electrons. The molecule has 2 fully saturated rings. The predicted octanol–water partition coefficient (Wildman–Crippen LogP) is 4.83. The van der Waals surface area contributed by atoms with Gasteiger partial charge in [0.1, 0.15) is 0 Å². The Balaban J connectivity index is 1.49. The van der Waals surface area contributed by atoms with Crippen molar-refractivity contribution in [2.75, 3.05) is 18.0 Å². The normalized spacial score (nSPS) is 25.2. The van der Waals surface area contributed by atoms with E-state index < -0.39 is 6.10 Å². The molecule has 1 N–H and O–H groups in total. The topological polar surface area (TPSA) is 43.8 Å². The van der Waals surface area contributed by atoms with Gasteiger partial charge in [0, 0.05) is 25.4 Å². The Morgan fingerprint density at radius 1 is 0.967 bits per heavy atom. The minimum Gasteiger partial charge on any atom is -0.391 e. The second-order valence-electron chi connectivity index (χ2n) is 9.27. The molecule has 1 saturated heterocycles. The number of amides is 1. The molecule has 0 spiro atoms. The van der Waals surface area contributed by atoms with Crippen LogP contribution in [0.2, 0.25) is 0 Å². The zero-order valence-electron chi connectivity index (χ0n) is 17.8. The molecule has 1 saturated carbocycles. The number of benzene rings is 2. The van der Waals surface area contributed by atoms with Crippen LogP contribution in [0.15, 0.2) is 48.5 Å². The highest BCUT2D eigenvalue weighted by Crippen LogP contribution is 2.47. The first-order chi connectivity index (χ1) is 14.6. The zero-order chi connectivity index (χ0) is 20.7. The van der Waals surface area contributed by atoms with Crippen LogP contribution in [-0.2, 0) is 4.79 Å². The van der Waals surface area contributed by atoms with E-state index in [1.807, 2.05) is 36.4 Å². The minimum atomic E-state index is -0.498. The number of para-hydroxylation sites is 2. The molecule has 30 heavy (non-hydrogen) atoms. The van der Waals surface area contributed by atoms with Crippen molar-refractivity contribution >= 4 is 17.3 Å². The largest absolute Gasteiger partial charge is 0.391 e. The number of carbonyl (C=O) groups excluding carboxylic acids is 1. The summed E-state index contributed by atoms with van der Waals surface area (Å²) in [6, 6.07) is 16.8. The molecular weight excluding hydrogens is 372 g/mol. The van der Waals surface area contributed by atoms with Crippen molar-refractivity contribution in [2.45, 2.75) is 63.5 Å². The molecule has 3 unspecified atom stereocenters. The highest BCUT2D eigenvalue weighted by molar-refractivity contribution is 6.02. The Morgan fingerprint density at radius 3 is 2.23 bits per heavy atom. The van der Waals surface area contributed by atoms with Crippen LogP contribution in [-0.4, -0.2) is 41.1 Å². The maximum atomic E-state index is 12.5. The third kappa shape index (κ3) is 3.36. The maximum absolute atomic E-state index is 12.5. The summed E-state index contributed by atoms with van der Waals surface area (Å²) in [5.74, 6) is 0.694. The number of likely N-dealkylation sites (tertiary alicyclic amines) is 1. The fourth-order valence-corrected chi connectivity index (χ4v) is 6.26. The van der Waals surface area contributed by atoms with Gasteiger partial charge in [-0.1, -0.05) is 49.2 Å². The lowest BCUT2D eigenvalue weighted by molar-refractivity contribution is -0.115. The molecule has 0 bridgehead atoms. The maximum Gasteiger partial charge on any atom is 0.228 e. The molecule has 1 aliphatic carbocycles. The Morgan fingerprint density at radius 2 is 1.57 bits per heavy atom. The average molecular weight is 405 g/mol. The zero-order valence-corrected chi connectivity index (χ0v) is 17.8. The van der Waals surface area contributed by atoms with Crippen LogP contribution in [0.25, 0.3) is 0 Å². The van der Waals surface area contributed by atoms with E-state index in [4.69, 9.17) is 0 Å². The van der Waals surface area contributed by atoms with E-state index in [1.54, 1.807) is 11.8 Å². The Kier molecular flexibility index (Phi) is 5.38. The summed E-state index contributed by atoms with van der Waals surface area (Å²) in [4.78, 5) is 16.9. The number of nitrogens with zero attached hydrogens (tertiary/aromatic N) is 2. The standard InChI is InChI=1S/C26H32N2O2/c1-18(29)28-23-14-6-3-11-20(23)26(21-12-4-7-15-24(21)28)25(30)17-27-16-8-10-19-9-2-5-13-22(19)27/h3-4,6-7,11-12,14-15,19,22,25-26,30H,2,5,8-10,13,16-17H2,1H3. The van der Waals surface area contributed by atoms with Gasteiger partial charge in [-0.2, -0.15) is 0 Å². The molecule has 2 heterocycles. The van der Waals surface area contributed by atoms with Crippen molar-refractivity contribution in [1.82, 2.24) is 4.90 Å². The lowest BCUT2D eigenvalue weighted by atomic mass is 9.77. The number of β-amino-alcohol motifs (C(OH)–C–C–N with tert-alkyl or cyclic N) is 1. The third-order valence-electron chi connectivity index (χ3n) is 7.50. The molecule has 3 atom stereocenters. The molecule has 5 rings (SSSR count). The van der Waals surface area contributed by atoms with Gasteiger partial charge in [0.05, 0.1) is 17.5 Å². The van der Waals surface area contributed by atoms with E-state index in [0.29, 0.717) is 12.6 Å². The van der Waals surface area contributed by atoms with E-state index in [-0.39, 0.29) is 11.8 Å². The van der Waals surface area contributed by atoms with Crippen molar-refractivity contribution in [1.29, 1.82) is 0 Å². The molecule has 0 aromatic heterocycles. The summed E-state index contributed by atoms with van der Waals surface area (Å²) in [6.07, 6.45) is 7.39. The first-order valence-corrected chi connectivity index (χ1v) is 11.6.